The zero-order chi connectivity index (χ0) is 18.5. The van der Waals surface area contributed by atoms with Gasteiger partial charge in [-0.1, -0.05) is 17.8 Å². The van der Waals surface area contributed by atoms with Crippen molar-refractivity contribution in [3.8, 4) is 0 Å². The Morgan fingerprint density at radius 1 is 1.35 bits per heavy atom. The van der Waals surface area contributed by atoms with Crippen LogP contribution in [0.4, 0.5) is 10.1 Å². The van der Waals surface area contributed by atoms with Gasteiger partial charge >= 0.3 is 5.69 Å². The minimum Gasteiger partial charge on any atom is -0.395 e. The zero-order valence-corrected chi connectivity index (χ0v) is 15.0. The molecular weight excluding hydrogens is 357 g/mol. The van der Waals surface area contributed by atoms with Crippen molar-refractivity contribution in [1.29, 1.82) is 0 Å². The minimum absolute atomic E-state index is 0.0827. The van der Waals surface area contributed by atoms with Crippen LogP contribution in [0, 0.1) is 5.82 Å². The van der Waals surface area contributed by atoms with E-state index in [1.54, 1.807) is 6.07 Å². The number of aliphatic hydroxyl groups excluding tert-OH is 1. The van der Waals surface area contributed by atoms with Crippen molar-refractivity contribution in [1.82, 2.24) is 9.55 Å². The fourth-order valence-corrected chi connectivity index (χ4v) is 3.97. The lowest BCUT2D eigenvalue weighted by atomic mass is 9.97. The van der Waals surface area contributed by atoms with Crippen LogP contribution >= 0.6 is 11.8 Å². The summed E-state index contributed by atoms with van der Waals surface area (Å²) in [6.07, 6.45) is 3.58. The van der Waals surface area contributed by atoms with Crippen molar-refractivity contribution in [2.75, 3.05) is 17.7 Å². The number of halogens is 1. The number of carbonyl (C=O) groups excluding carboxylic acids is 1. The van der Waals surface area contributed by atoms with Crippen LogP contribution in [0.2, 0.25) is 0 Å². The third-order valence-corrected chi connectivity index (χ3v) is 5.24. The Bertz CT molecular complexity index is 869. The van der Waals surface area contributed by atoms with Gasteiger partial charge in [0, 0.05) is 16.9 Å². The predicted octanol–water partition coefficient (Wildman–Crippen LogP) is 1.98. The molecule has 0 unspecified atom stereocenters. The fraction of sp³-hybridized carbons (Fsp3) is 0.389. The molecule has 1 heterocycles. The first-order valence-electron chi connectivity index (χ1n) is 8.50. The maximum Gasteiger partial charge on any atom is 0.348 e. The van der Waals surface area contributed by atoms with E-state index < -0.39 is 11.5 Å². The average Bonchev–Trinajstić information content (AvgIpc) is 2.62. The van der Waals surface area contributed by atoms with Crippen LogP contribution in [0.15, 0.2) is 34.1 Å². The molecule has 0 aliphatic heterocycles. The molecule has 2 N–H and O–H groups in total. The number of fused-ring (bicyclic) bond motifs is 1. The molecule has 0 saturated carbocycles. The van der Waals surface area contributed by atoms with Gasteiger partial charge in [0.1, 0.15) is 10.8 Å². The van der Waals surface area contributed by atoms with Crippen LogP contribution < -0.4 is 11.0 Å². The van der Waals surface area contributed by atoms with E-state index in [-0.39, 0.29) is 24.8 Å². The quantitative estimate of drug-likeness (QED) is 0.594. The minimum atomic E-state index is -0.418. The van der Waals surface area contributed by atoms with E-state index in [4.69, 9.17) is 0 Å². The fourth-order valence-electron chi connectivity index (χ4n) is 3.09. The summed E-state index contributed by atoms with van der Waals surface area (Å²) in [5.41, 5.74) is 1.91. The molecule has 26 heavy (non-hydrogen) atoms. The summed E-state index contributed by atoms with van der Waals surface area (Å²) in [4.78, 5) is 28.5. The van der Waals surface area contributed by atoms with Gasteiger partial charge in [0.05, 0.1) is 18.9 Å². The van der Waals surface area contributed by atoms with E-state index in [2.05, 4.69) is 10.3 Å². The van der Waals surface area contributed by atoms with Crippen LogP contribution in [0.3, 0.4) is 0 Å². The van der Waals surface area contributed by atoms with Gasteiger partial charge in [0.2, 0.25) is 5.91 Å². The molecule has 1 aliphatic carbocycles. The van der Waals surface area contributed by atoms with E-state index in [0.717, 1.165) is 36.9 Å². The Labute approximate surface area is 154 Å². The number of thioether (sulfide) groups is 1. The van der Waals surface area contributed by atoms with E-state index in [1.165, 1.54) is 34.5 Å². The molecule has 138 valence electrons. The number of hydrogen-bond acceptors (Lipinski definition) is 5. The Morgan fingerprint density at radius 3 is 2.92 bits per heavy atom. The smallest absolute Gasteiger partial charge is 0.348 e. The van der Waals surface area contributed by atoms with E-state index in [0.29, 0.717) is 10.7 Å². The van der Waals surface area contributed by atoms with Gasteiger partial charge in [-0.2, -0.15) is 4.98 Å². The highest BCUT2D eigenvalue weighted by Gasteiger charge is 2.20. The van der Waals surface area contributed by atoms with E-state index >= 15 is 0 Å². The maximum atomic E-state index is 13.2. The lowest BCUT2D eigenvalue weighted by Crippen LogP contribution is -2.31. The molecule has 1 amide bonds. The molecule has 0 saturated heterocycles. The van der Waals surface area contributed by atoms with Crippen LogP contribution in [-0.2, 0) is 24.2 Å². The molecule has 2 aromatic rings. The normalized spacial score (nSPS) is 13.3. The lowest BCUT2D eigenvalue weighted by Gasteiger charge is -2.22. The van der Waals surface area contributed by atoms with Gasteiger partial charge in [-0.25, -0.2) is 9.18 Å². The number of aliphatic hydroxyl groups is 1. The first-order valence-corrected chi connectivity index (χ1v) is 9.48. The van der Waals surface area contributed by atoms with Gasteiger partial charge < -0.3 is 10.4 Å². The number of anilines is 1. The van der Waals surface area contributed by atoms with Crippen LogP contribution in [0.5, 0.6) is 0 Å². The molecule has 1 aromatic heterocycles. The molecule has 1 aromatic carbocycles. The van der Waals surface area contributed by atoms with Crippen molar-refractivity contribution in [2.45, 2.75) is 37.3 Å². The molecule has 0 fully saturated rings. The summed E-state index contributed by atoms with van der Waals surface area (Å²) in [7, 11) is 0. The van der Waals surface area contributed by atoms with Crippen LogP contribution in [-0.4, -0.2) is 32.9 Å². The van der Waals surface area contributed by atoms with E-state index in [9.17, 15) is 19.1 Å². The molecule has 0 atom stereocenters. The summed E-state index contributed by atoms with van der Waals surface area (Å²) < 4.78 is 14.7. The second-order valence-corrected chi connectivity index (χ2v) is 7.02. The number of nitrogens with zero attached hydrogens (tertiary/aromatic N) is 2. The number of benzene rings is 1. The summed E-state index contributed by atoms with van der Waals surface area (Å²) in [5, 5.41) is 12.4. The second kappa shape index (κ2) is 8.46. The maximum absolute atomic E-state index is 13.2. The number of amides is 1. The van der Waals surface area contributed by atoms with Crippen molar-refractivity contribution >= 4 is 23.4 Å². The molecule has 6 nitrogen and oxygen atoms in total. The summed E-state index contributed by atoms with van der Waals surface area (Å²) in [5.74, 6) is -0.621. The van der Waals surface area contributed by atoms with Crippen LogP contribution in [0.1, 0.15) is 24.1 Å². The highest BCUT2D eigenvalue weighted by atomic mass is 32.2. The van der Waals surface area contributed by atoms with Gasteiger partial charge in [-0.05, 0) is 43.9 Å². The second-order valence-electron chi connectivity index (χ2n) is 6.05. The first-order chi connectivity index (χ1) is 12.6. The number of carbonyl (C=O) groups is 1. The monoisotopic (exact) mass is 377 g/mol. The molecule has 8 heteroatoms. The van der Waals surface area contributed by atoms with E-state index in [1.807, 2.05) is 0 Å². The Hall–Kier alpha value is -2.19. The number of rotatable bonds is 6. The third-order valence-electron chi connectivity index (χ3n) is 4.22. The topological polar surface area (TPSA) is 84.2 Å². The molecular formula is C18H20FN3O3S. The molecule has 1 aliphatic rings. The standard InChI is InChI=1S/C18H20FN3O3S/c19-12-4-3-5-13(10-12)20-16(24)11-26-17-14-6-1-2-7-15(14)22(8-9-23)18(25)21-17/h3-5,10,23H,1-2,6-9,11H2,(H,20,24). The van der Waals surface area contributed by atoms with Gasteiger partial charge in [-0.3, -0.25) is 9.36 Å². The highest BCUT2D eigenvalue weighted by Crippen LogP contribution is 2.28. The molecule has 3 rings (SSSR count). The van der Waals surface area contributed by atoms with Crippen LogP contribution in [0.25, 0.3) is 0 Å². The largest absolute Gasteiger partial charge is 0.395 e. The Kier molecular flexibility index (Phi) is 6.05. The number of aromatic nitrogens is 2. The van der Waals surface area contributed by atoms with Gasteiger partial charge in [0.15, 0.2) is 0 Å². The van der Waals surface area contributed by atoms with Gasteiger partial charge in [-0.15, -0.1) is 0 Å². The zero-order valence-electron chi connectivity index (χ0n) is 14.2. The summed E-state index contributed by atoms with van der Waals surface area (Å²) in [6, 6.07) is 5.69. The lowest BCUT2D eigenvalue weighted by molar-refractivity contribution is -0.113. The van der Waals surface area contributed by atoms with Gasteiger partial charge in [0.25, 0.3) is 0 Å². The van der Waals surface area contributed by atoms with Crippen molar-refractivity contribution in [3.63, 3.8) is 0 Å². The summed E-state index contributed by atoms with van der Waals surface area (Å²) in [6.45, 7) is 0.121. The SMILES string of the molecule is O=C(CSc1nc(=O)n(CCO)c2c1CCCC2)Nc1cccc(F)c1. The molecule has 0 bridgehead atoms. The number of nitrogens with one attached hydrogen (secondary N) is 1. The molecule has 0 radical (unpaired) electrons. The first kappa shape index (κ1) is 18.6. The highest BCUT2D eigenvalue weighted by molar-refractivity contribution is 8.00. The van der Waals surface area contributed by atoms with Crippen molar-refractivity contribution < 1.29 is 14.3 Å². The third kappa shape index (κ3) is 4.31. The summed E-state index contributed by atoms with van der Waals surface area (Å²) >= 11 is 1.21. The van der Waals surface area contributed by atoms with Crippen molar-refractivity contribution in [2.24, 2.45) is 0 Å². The Morgan fingerprint density at radius 2 is 2.15 bits per heavy atom. The average molecular weight is 377 g/mol. The Balaban J connectivity index is 1.74. The number of hydrogen-bond donors (Lipinski definition) is 2. The molecule has 0 spiro atoms. The van der Waals surface area contributed by atoms with Crippen molar-refractivity contribution in [3.05, 3.63) is 51.8 Å². The predicted molar refractivity (Wildman–Crippen MR) is 98.0 cm³/mol.